The zero-order valence-corrected chi connectivity index (χ0v) is 11.3. The third-order valence-corrected chi connectivity index (χ3v) is 2.76. The molecular weight excluding hydrogens is 268 g/mol. The van der Waals surface area contributed by atoms with Gasteiger partial charge in [-0.3, -0.25) is 0 Å². The second-order valence-electron chi connectivity index (χ2n) is 3.83. The van der Waals surface area contributed by atoms with Gasteiger partial charge in [0.05, 0.1) is 19.1 Å². The summed E-state index contributed by atoms with van der Waals surface area (Å²) in [6.07, 6.45) is 0. The summed E-state index contributed by atoms with van der Waals surface area (Å²) in [7, 11) is 5.53. The quantitative estimate of drug-likeness (QED) is 0.852. The molecule has 1 aromatic rings. The number of likely N-dealkylation sites (N-methyl/N-ethyl adjacent to an activating group) is 1. The van der Waals surface area contributed by atoms with Crippen molar-refractivity contribution in [3.63, 3.8) is 0 Å². The number of benzene rings is 1. The van der Waals surface area contributed by atoms with E-state index in [2.05, 4.69) is 22.0 Å². The molecule has 1 atom stereocenters. The van der Waals surface area contributed by atoms with E-state index < -0.39 is 0 Å². The first kappa shape index (κ1) is 13.0. The standard InChI is InChI=1S/C12H15BrN2O/c1-15(2)8-9(7-14)11-6-10(13)4-5-12(11)16-3/h4-6,9H,8H2,1-3H3. The Labute approximate surface area is 105 Å². The SMILES string of the molecule is COc1ccc(Br)cc1C(C#N)CN(C)C. The van der Waals surface area contributed by atoms with Crippen LogP contribution in [0.15, 0.2) is 22.7 Å². The molecular formula is C12H15BrN2O. The molecule has 0 aliphatic heterocycles. The van der Waals surface area contributed by atoms with Crippen LogP contribution in [-0.2, 0) is 0 Å². The van der Waals surface area contributed by atoms with Crippen molar-refractivity contribution in [3.8, 4) is 11.8 Å². The largest absolute Gasteiger partial charge is 0.496 e. The van der Waals surface area contributed by atoms with Gasteiger partial charge < -0.3 is 9.64 Å². The van der Waals surface area contributed by atoms with Crippen LogP contribution in [0.1, 0.15) is 11.5 Å². The van der Waals surface area contributed by atoms with Gasteiger partial charge in [-0.25, -0.2) is 0 Å². The van der Waals surface area contributed by atoms with Crippen molar-refractivity contribution in [2.24, 2.45) is 0 Å². The van der Waals surface area contributed by atoms with Crippen LogP contribution in [0.25, 0.3) is 0 Å². The molecule has 0 spiro atoms. The number of halogens is 1. The molecule has 1 unspecified atom stereocenters. The maximum Gasteiger partial charge on any atom is 0.123 e. The van der Waals surface area contributed by atoms with Gasteiger partial charge in [0.25, 0.3) is 0 Å². The minimum atomic E-state index is -0.178. The Morgan fingerprint density at radius 2 is 2.19 bits per heavy atom. The van der Waals surface area contributed by atoms with Crippen LogP contribution in [0, 0.1) is 11.3 Å². The van der Waals surface area contributed by atoms with Gasteiger partial charge in [0, 0.05) is 16.6 Å². The maximum absolute atomic E-state index is 9.19. The van der Waals surface area contributed by atoms with E-state index in [-0.39, 0.29) is 5.92 Å². The van der Waals surface area contributed by atoms with Crippen molar-refractivity contribution in [1.29, 1.82) is 5.26 Å². The Bertz CT molecular complexity index is 398. The molecule has 0 aliphatic rings. The Kier molecular flexibility index (Phi) is 4.78. The lowest BCUT2D eigenvalue weighted by molar-refractivity contribution is 0.380. The number of nitrogens with zero attached hydrogens (tertiary/aromatic N) is 2. The fraction of sp³-hybridized carbons (Fsp3) is 0.417. The van der Waals surface area contributed by atoms with Crippen molar-refractivity contribution in [2.45, 2.75) is 5.92 Å². The molecule has 1 rings (SSSR count). The molecule has 0 aromatic heterocycles. The zero-order valence-electron chi connectivity index (χ0n) is 9.70. The van der Waals surface area contributed by atoms with E-state index in [1.807, 2.05) is 37.2 Å². The lowest BCUT2D eigenvalue weighted by atomic mass is 9.99. The molecule has 0 aliphatic carbocycles. The van der Waals surface area contributed by atoms with E-state index >= 15 is 0 Å². The monoisotopic (exact) mass is 282 g/mol. The lowest BCUT2D eigenvalue weighted by Crippen LogP contribution is -2.19. The minimum absolute atomic E-state index is 0.178. The van der Waals surface area contributed by atoms with Crippen LogP contribution in [-0.4, -0.2) is 32.6 Å². The highest BCUT2D eigenvalue weighted by Gasteiger charge is 2.16. The smallest absolute Gasteiger partial charge is 0.123 e. The number of methoxy groups -OCH3 is 1. The van der Waals surface area contributed by atoms with Gasteiger partial charge in [0.2, 0.25) is 0 Å². The van der Waals surface area contributed by atoms with Crippen LogP contribution in [0.3, 0.4) is 0 Å². The van der Waals surface area contributed by atoms with Crippen LogP contribution in [0.2, 0.25) is 0 Å². The Morgan fingerprint density at radius 1 is 1.50 bits per heavy atom. The first-order valence-corrected chi connectivity index (χ1v) is 5.75. The number of rotatable bonds is 4. The molecule has 16 heavy (non-hydrogen) atoms. The third-order valence-electron chi connectivity index (χ3n) is 2.27. The average molecular weight is 283 g/mol. The molecule has 0 saturated carbocycles. The summed E-state index contributed by atoms with van der Waals surface area (Å²) in [6, 6.07) is 8.03. The fourth-order valence-electron chi connectivity index (χ4n) is 1.55. The van der Waals surface area contributed by atoms with Crippen LogP contribution < -0.4 is 4.74 Å². The Hall–Kier alpha value is -1.05. The molecule has 1 aromatic carbocycles. The second-order valence-corrected chi connectivity index (χ2v) is 4.75. The minimum Gasteiger partial charge on any atom is -0.496 e. The summed E-state index contributed by atoms with van der Waals surface area (Å²) in [4.78, 5) is 1.99. The van der Waals surface area contributed by atoms with Gasteiger partial charge in [-0.05, 0) is 32.3 Å². The predicted octanol–water partition coefficient (Wildman–Crippen LogP) is 2.63. The Balaban J connectivity index is 3.08. The molecule has 0 radical (unpaired) electrons. The van der Waals surface area contributed by atoms with E-state index in [1.54, 1.807) is 7.11 Å². The molecule has 0 N–H and O–H groups in total. The zero-order chi connectivity index (χ0) is 12.1. The van der Waals surface area contributed by atoms with Gasteiger partial charge in [-0.2, -0.15) is 5.26 Å². The highest BCUT2D eigenvalue weighted by molar-refractivity contribution is 9.10. The number of hydrogen-bond acceptors (Lipinski definition) is 3. The normalized spacial score (nSPS) is 12.2. The number of ether oxygens (including phenoxy) is 1. The van der Waals surface area contributed by atoms with Gasteiger partial charge in [0.1, 0.15) is 5.75 Å². The summed E-state index contributed by atoms with van der Waals surface area (Å²) in [5.41, 5.74) is 0.924. The molecule has 4 heteroatoms. The van der Waals surface area contributed by atoms with Gasteiger partial charge >= 0.3 is 0 Å². The van der Waals surface area contributed by atoms with Crippen LogP contribution in [0.5, 0.6) is 5.75 Å². The van der Waals surface area contributed by atoms with E-state index in [9.17, 15) is 5.26 Å². The van der Waals surface area contributed by atoms with E-state index in [4.69, 9.17) is 4.74 Å². The summed E-state index contributed by atoms with van der Waals surface area (Å²) < 4.78 is 6.23. The predicted molar refractivity (Wildman–Crippen MR) is 67.6 cm³/mol. The first-order valence-electron chi connectivity index (χ1n) is 4.96. The molecule has 0 bridgehead atoms. The summed E-state index contributed by atoms with van der Waals surface area (Å²) in [5.74, 6) is 0.582. The first-order chi connectivity index (χ1) is 7.58. The van der Waals surface area contributed by atoms with Crippen molar-refractivity contribution in [1.82, 2.24) is 4.90 Å². The molecule has 86 valence electrons. The Morgan fingerprint density at radius 3 is 2.69 bits per heavy atom. The fourth-order valence-corrected chi connectivity index (χ4v) is 1.93. The summed E-state index contributed by atoms with van der Waals surface area (Å²) >= 11 is 3.41. The second kappa shape index (κ2) is 5.88. The average Bonchev–Trinajstić information content (AvgIpc) is 2.25. The number of nitriles is 1. The third kappa shape index (κ3) is 3.22. The van der Waals surface area contributed by atoms with Crippen molar-refractivity contribution in [2.75, 3.05) is 27.7 Å². The molecule has 3 nitrogen and oxygen atoms in total. The van der Waals surface area contributed by atoms with Crippen molar-refractivity contribution in [3.05, 3.63) is 28.2 Å². The van der Waals surface area contributed by atoms with Crippen molar-refractivity contribution < 1.29 is 4.74 Å². The maximum atomic E-state index is 9.19. The van der Waals surface area contributed by atoms with Gasteiger partial charge in [-0.1, -0.05) is 15.9 Å². The number of hydrogen-bond donors (Lipinski definition) is 0. The summed E-state index contributed by atoms with van der Waals surface area (Å²) in [6.45, 7) is 0.684. The molecule has 0 heterocycles. The van der Waals surface area contributed by atoms with Gasteiger partial charge in [0.15, 0.2) is 0 Å². The van der Waals surface area contributed by atoms with Crippen LogP contribution >= 0.6 is 15.9 Å². The molecule has 0 amide bonds. The topological polar surface area (TPSA) is 36.3 Å². The van der Waals surface area contributed by atoms with E-state index in [0.717, 1.165) is 15.8 Å². The van der Waals surface area contributed by atoms with Gasteiger partial charge in [-0.15, -0.1) is 0 Å². The van der Waals surface area contributed by atoms with Crippen LogP contribution in [0.4, 0.5) is 0 Å². The van der Waals surface area contributed by atoms with Crippen molar-refractivity contribution >= 4 is 15.9 Å². The van der Waals surface area contributed by atoms with E-state index in [1.165, 1.54) is 0 Å². The highest BCUT2D eigenvalue weighted by atomic mass is 79.9. The highest BCUT2D eigenvalue weighted by Crippen LogP contribution is 2.29. The molecule has 0 fully saturated rings. The molecule has 0 saturated heterocycles. The lowest BCUT2D eigenvalue weighted by Gasteiger charge is -2.17. The summed E-state index contributed by atoms with van der Waals surface area (Å²) in [5, 5.41) is 9.19. The van der Waals surface area contributed by atoms with E-state index in [0.29, 0.717) is 6.54 Å².